The summed E-state index contributed by atoms with van der Waals surface area (Å²) < 4.78 is 0. The summed E-state index contributed by atoms with van der Waals surface area (Å²) >= 11 is 1.93. The van der Waals surface area contributed by atoms with Gasteiger partial charge in [0, 0.05) is 16.6 Å². The molecular formula is C14H18OS. The van der Waals surface area contributed by atoms with Crippen LogP contribution in [0.3, 0.4) is 0 Å². The molecule has 16 heavy (non-hydrogen) atoms. The molecule has 0 N–H and O–H groups in total. The molecule has 1 aromatic rings. The summed E-state index contributed by atoms with van der Waals surface area (Å²) in [7, 11) is 0. The van der Waals surface area contributed by atoms with Gasteiger partial charge in [0.15, 0.2) is 0 Å². The normalized spacial score (nSPS) is 20.5. The van der Waals surface area contributed by atoms with Crippen molar-refractivity contribution in [1.29, 1.82) is 0 Å². The summed E-state index contributed by atoms with van der Waals surface area (Å²) in [4.78, 5) is 12.9. The largest absolute Gasteiger partial charge is 0.300 e. The third kappa shape index (κ3) is 2.32. The van der Waals surface area contributed by atoms with Crippen molar-refractivity contribution in [2.75, 3.05) is 5.75 Å². The minimum Gasteiger partial charge on any atom is -0.300 e. The van der Waals surface area contributed by atoms with Crippen molar-refractivity contribution in [2.45, 2.75) is 37.5 Å². The van der Waals surface area contributed by atoms with Gasteiger partial charge in [-0.3, -0.25) is 4.79 Å². The molecule has 0 saturated heterocycles. The fraction of sp³-hybridized carbons (Fsp3) is 0.500. The minimum atomic E-state index is 0.247. The van der Waals surface area contributed by atoms with Gasteiger partial charge in [-0.25, -0.2) is 0 Å². The zero-order valence-electron chi connectivity index (χ0n) is 9.90. The second-order valence-electron chi connectivity index (χ2n) is 4.50. The van der Waals surface area contributed by atoms with E-state index in [1.807, 2.05) is 11.8 Å². The number of hydrogen-bond donors (Lipinski definition) is 0. The molecule has 0 fully saturated rings. The van der Waals surface area contributed by atoms with E-state index < -0.39 is 0 Å². The number of fused-ring (bicyclic) bond motifs is 1. The zero-order chi connectivity index (χ0) is 11.5. The first-order chi connectivity index (χ1) is 7.72. The Morgan fingerprint density at radius 3 is 2.94 bits per heavy atom. The predicted molar refractivity (Wildman–Crippen MR) is 69.0 cm³/mol. The lowest BCUT2D eigenvalue weighted by molar-refractivity contribution is -0.121. The minimum absolute atomic E-state index is 0.247. The quantitative estimate of drug-likeness (QED) is 0.786. The monoisotopic (exact) mass is 234 g/mol. The van der Waals surface area contributed by atoms with E-state index in [1.54, 1.807) is 6.92 Å². The molecule has 86 valence electrons. The lowest BCUT2D eigenvalue weighted by atomic mass is 9.87. The lowest BCUT2D eigenvalue weighted by Crippen LogP contribution is -2.14. The molecule has 2 unspecified atom stereocenters. The van der Waals surface area contributed by atoms with Gasteiger partial charge in [-0.1, -0.05) is 25.1 Å². The molecule has 0 radical (unpaired) electrons. The van der Waals surface area contributed by atoms with Crippen LogP contribution in [0, 0.1) is 5.92 Å². The van der Waals surface area contributed by atoms with Crippen LogP contribution in [0.4, 0.5) is 0 Å². The molecule has 2 heteroatoms. The molecule has 0 amide bonds. The standard InChI is InChI=1S/C14H18OS/c1-3-11(10(2)15)8-12-9-16-14-7-5-4-6-13(12)14/h4-7,11-12H,3,8-9H2,1-2H3. The van der Waals surface area contributed by atoms with Crippen molar-refractivity contribution in [1.82, 2.24) is 0 Å². The van der Waals surface area contributed by atoms with Gasteiger partial charge >= 0.3 is 0 Å². The highest BCUT2D eigenvalue weighted by molar-refractivity contribution is 7.99. The van der Waals surface area contributed by atoms with Crippen LogP contribution < -0.4 is 0 Å². The van der Waals surface area contributed by atoms with Crippen LogP contribution >= 0.6 is 11.8 Å². The van der Waals surface area contributed by atoms with Gasteiger partial charge in [0.1, 0.15) is 5.78 Å². The second kappa shape index (κ2) is 5.05. The van der Waals surface area contributed by atoms with Crippen LogP contribution in [0.25, 0.3) is 0 Å². The van der Waals surface area contributed by atoms with Crippen LogP contribution in [0.15, 0.2) is 29.2 Å². The van der Waals surface area contributed by atoms with Gasteiger partial charge < -0.3 is 0 Å². The first-order valence-electron chi connectivity index (χ1n) is 5.94. The summed E-state index contributed by atoms with van der Waals surface area (Å²) in [6.45, 7) is 3.84. The van der Waals surface area contributed by atoms with E-state index in [9.17, 15) is 4.79 Å². The molecule has 0 saturated carbocycles. The summed E-state index contributed by atoms with van der Waals surface area (Å²) in [5, 5.41) is 0. The summed E-state index contributed by atoms with van der Waals surface area (Å²) in [5.41, 5.74) is 1.45. The van der Waals surface area contributed by atoms with Crippen molar-refractivity contribution in [2.24, 2.45) is 5.92 Å². The molecule has 1 heterocycles. The predicted octanol–water partition coefficient (Wildman–Crippen LogP) is 3.88. The van der Waals surface area contributed by atoms with Gasteiger partial charge in [-0.05, 0) is 37.3 Å². The Balaban J connectivity index is 2.11. The Bertz CT molecular complexity index is 386. The molecule has 1 nitrogen and oxygen atoms in total. The second-order valence-corrected chi connectivity index (χ2v) is 5.56. The van der Waals surface area contributed by atoms with Crippen molar-refractivity contribution in [3.8, 4) is 0 Å². The van der Waals surface area contributed by atoms with E-state index in [0.29, 0.717) is 11.7 Å². The zero-order valence-corrected chi connectivity index (χ0v) is 10.7. The number of hydrogen-bond acceptors (Lipinski definition) is 2. The maximum absolute atomic E-state index is 11.5. The van der Waals surface area contributed by atoms with E-state index in [4.69, 9.17) is 0 Å². The van der Waals surface area contributed by atoms with E-state index in [2.05, 4.69) is 31.2 Å². The molecule has 1 aromatic carbocycles. The average Bonchev–Trinajstić information content (AvgIpc) is 2.69. The third-order valence-electron chi connectivity index (χ3n) is 3.44. The lowest BCUT2D eigenvalue weighted by Gasteiger charge is -2.16. The molecule has 0 bridgehead atoms. The topological polar surface area (TPSA) is 17.1 Å². The van der Waals surface area contributed by atoms with E-state index in [1.165, 1.54) is 10.5 Å². The van der Waals surface area contributed by atoms with Crippen LogP contribution in [0.5, 0.6) is 0 Å². The maximum atomic E-state index is 11.5. The maximum Gasteiger partial charge on any atom is 0.132 e. The van der Waals surface area contributed by atoms with Crippen LogP contribution in [-0.4, -0.2) is 11.5 Å². The van der Waals surface area contributed by atoms with Crippen LogP contribution in [0.2, 0.25) is 0 Å². The van der Waals surface area contributed by atoms with Gasteiger partial charge in [0.25, 0.3) is 0 Å². The van der Waals surface area contributed by atoms with Gasteiger partial charge in [0.05, 0.1) is 0 Å². The highest BCUT2D eigenvalue weighted by Gasteiger charge is 2.26. The Hall–Kier alpha value is -0.760. The Labute approximate surface area is 102 Å². The molecule has 2 atom stereocenters. The van der Waals surface area contributed by atoms with Crippen LogP contribution in [0.1, 0.15) is 38.2 Å². The molecule has 0 spiro atoms. The molecular weight excluding hydrogens is 216 g/mol. The smallest absolute Gasteiger partial charge is 0.132 e. The number of benzene rings is 1. The Morgan fingerprint density at radius 2 is 2.25 bits per heavy atom. The highest BCUT2D eigenvalue weighted by Crippen LogP contribution is 2.42. The van der Waals surface area contributed by atoms with Gasteiger partial charge in [-0.15, -0.1) is 11.8 Å². The Kier molecular flexibility index (Phi) is 3.70. The SMILES string of the molecule is CCC(CC1CSc2ccccc21)C(C)=O. The highest BCUT2D eigenvalue weighted by atomic mass is 32.2. The van der Waals surface area contributed by atoms with Gasteiger partial charge in [-0.2, -0.15) is 0 Å². The van der Waals surface area contributed by atoms with Crippen molar-refractivity contribution in [3.63, 3.8) is 0 Å². The fourth-order valence-corrected chi connectivity index (χ4v) is 3.66. The van der Waals surface area contributed by atoms with E-state index in [-0.39, 0.29) is 5.92 Å². The summed E-state index contributed by atoms with van der Waals surface area (Å²) in [5.74, 6) is 2.31. The molecule has 0 aliphatic carbocycles. The number of carbonyl (C=O) groups excluding carboxylic acids is 1. The first kappa shape index (κ1) is 11.7. The average molecular weight is 234 g/mol. The van der Waals surface area contributed by atoms with Crippen molar-refractivity contribution < 1.29 is 4.79 Å². The number of thioether (sulfide) groups is 1. The van der Waals surface area contributed by atoms with Crippen molar-refractivity contribution in [3.05, 3.63) is 29.8 Å². The first-order valence-corrected chi connectivity index (χ1v) is 6.93. The number of rotatable bonds is 4. The number of Topliss-reactive ketones (excluding diaryl/α,β-unsaturated/α-hetero) is 1. The number of carbonyl (C=O) groups is 1. The van der Waals surface area contributed by atoms with E-state index in [0.717, 1.165) is 18.6 Å². The molecule has 1 aliphatic heterocycles. The Morgan fingerprint density at radius 1 is 1.50 bits per heavy atom. The number of ketones is 1. The molecule has 1 aliphatic rings. The molecule has 2 rings (SSSR count). The van der Waals surface area contributed by atoms with Crippen LogP contribution in [-0.2, 0) is 4.79 Å². The van der Waals surface area contributed by atoms with Gasteiger partial charge in [0.2, 0.25) is 0 Å². The summed E-state index contributed by atoms with van der Waals surface area (Å²) in [6.07, 6.45) is 1.99. The summed E-state index contributed by atoms with van der Waals surface area (Å²) in [6, 6.07) is 8.60. The van der Waals surface area contributed by atoms with Crippen molar-refractivity contribution >= 4 is 17.5 Å². The third-order valence-corrected chi connectivity index (χ3v) is 4.69. The fourth-order valence-electron chi connectivity index (χ4n) is 2.39. The van der Waals surface area contributed by atoms with E-state index >= 15 is 0 Å². The molecule has 0 aromatic heterocycles.